The molecule has 1 amide bonds. The minimum Gasteiger partial charge on any atom is -0.467 e. The van der Waals surface area contributed by atoms with Gasteiger partial charge in [-0.25, -0.2) is 4.79 Å². The van der Waals surface area contributed by atoms with Crippen LogP contribution in [0.4, 0.5) is 0 Å². The van der Waals surface area contributed by atoms with E-state index < -0.39 is 17.6 Å². The van der Waals surface area contributed by atoms with Crippen molar-refractivity contribution >= 4 is 11.9 Å². The number of carbonyl (C=O) groups excluding carboxylic acids is 2. The molecule has 0 rings (SSSR count). The first-order valence-electron chi connectivity index (χ1n) is 4.42. The maximum atomic E-state index is 11.3. The number of nitrogens with two attached hydrogens (primary N) is 1. The summed E-state index contributed by atoms with van der Waals surface area (Å²) in [6, 6.07) is -0.630. The van der Waals surface area contributed by atoms with E-state index in [1.54, 1.807) is 20.8 Å². The largest absolute Gasteiger partial charge is 0.467 e. The average Bonchev–Trinajstić information content (AvgIpc) is 1.99. The van der Waals surface area contributed by atoms with Crippen molar-refractivity contribution in [2.45, 2.75) is 38.8 Å². The van der Waals surface area contributed by atoms with Gasteiger partial charge in [0.1, 0.15) is 6.04 Å². The average molecular weight is 202 g/mol. The van der Waals surface area contributed by atoms with Crippen LogP contribution in [0.5, 0.6) is 0 Å². The lowest BCUT2D eigenvalue weighted by Crippen LogP contribution is -2.44. The first-order chi connectivity index (χ1) is 6.26. The van der Waals surface area contributed by atoms with Crippen LogP contribution in [0.25, 0.3) is 0 Å². The number of rotatable bonds is 4. The number of hydrogen-bond donors (Lipinski definition) is 2. The highest BCUT2D eigenvalue weighted by Crippen LogP contribution is 2.03. The summed E-state index contributed by atoms with van der Waals surface area (Å²) in [4.78, 5) is 22.2. The Balaban J connectivity index is 4.01. The van der Waals surface area contributed by atoms with E-state index in [0.29, 0.717) is 0 Å². The molecule has 82 valence electrons. The number of ether oxygens (including phenoxy) is 1. The van der Waals surface area contributed by atoms with Gasteiger partial charge in [-0.05, 0) is 20.8 Å². The highest BCUT2D eigenvalue weighted by molar-refractivity contribution is 5.84. The van der Waals surface area contributed by atoms with Crippen LogP contribution >= 0.6 is 0 Å². The summed E-state index contributed by atoms with van der Waals surface area (Å²) in [6.07, 6.45) is 0.175. The van der Waals surface area contributed by atoms with Gasteiger partial charge in [0.25, 0.3) is 0 Å². The van der Waals surface area contributed by atoms with Crippen molar-refractivity contribution in [1.29, 1.82) is 0 Å². The fourth-order valence-electron chi connectivity index (χ4n) is 0.942. The van der Waals surface area contributed by atoms with Gasteiger partial charge in [-0.2, -0.15) is 0 Å². The Morgan fingerprint density at radius 2 is 2.00 bits per heavy atom. The van der Waals surface area contributed by atoms with Crippen molar-refractivity contribution < 1.29 is 14.3 Å². The van der Waals surface area contributed by atoms with Crippen LogP contribution in [0.3, 0.4) is 0 Å². The Morgan fingerprint density at radius 1 is 1.50 bits per heavy atom. The molecule has 0 fully saturated rings. The number of esters is 1. The molecule has 0 spiro atoms. The third-order valence-electron chi connectivity index (χ3n) is 1.55. The molecule has 0 bridgehead atoms. The molecule has 0 aromatic carbocycles. The molecule has 0 saturated heterocycles. The first-order valence-corrected chi connectivity index (χ1v) is 4.42. The number of nitrogens with one attached hydrogen (secondary N) is 1. The monoisotopic (exact) mass is 202 g/mol. The van der Waals surface area contributed by atoms with E-state index in [2.05, 4.69) is 10.1 Å². The molecule has 0 aliphatic rings. The summed E-state index contributed by atoms with van der Waals surface area (Å²) < 4.78 is 4.46. The molecule has 0 saturated carbocycles. The molecule has 0 aliphatic heterocycles. The van der Waals surface area contributed by atoms with Gasteiger partial charge in [-0.1, -0.05) is 0 Å². The zero-order valence-electron chi connectivity index (χ0n) is 9.09. The van der Waals surface area contributed by atoms with Crippen LogP contribution < -0.4 is 11.1 Å². The number of amides is 1. The standard InChI is InChI=1S/C9H18N2O3/c1-6(8(13)14-4)11-7(12)5-9(2,3)10/h6H,5,10H2,1-4H3,(H,11,12). The van der Waals surface area contributed by atoms with Crippen molar-refractivity contribution in [1.82, 2.24) is 5.32 Å². The maximum Gasteiger partial charge on any atom is 0.328 e. The van der Waals surface area contributed by atoms with E-state index in [0.717, 1.165) is 0 Å². The van der Waals surface area contributed by atoms with E-state index in [9.17, 15) is 9.59 Å². The third kappa shape index (κ3) is 5.53. The van der Waals surface area contributed by atoms with Crippen LogP contribution in [0.2, 0.25) is 0 Å². The van der Waals surface area contributed by atoms with Gasteiger partial charge in [-0.3, -0.25) is 4.79 Å². The second-order valence-corrected chi connectivity index (χ2v) is 3.98. The molecule has 0 aromatic rings. The number of hydrogen-bond acceptors (Lipinski definition) is 4. The minimum absolute atomic E-state index is 0.175. The van der Waals surface area contributed by atoms with Gasteiger partial charge in [0.05, 0.1) is 7.11 Å². The quantitative estimate of drug-likeness (QED) is 0.618. The lowest BCUT2D eigenvalue weighted by Gasteiger charge is -2.19. The molecule has 5 heteroatoms. The highest BCUT2D eigenvalue weighted by atomic mass is 16.5. The topological polar surface area (TPSA) is 81.4 Å². The molecule has 0 aromatic heterocycles. The number of methoxy groups -OCH3 is 1. The van der Waals surface area contributed by atoms with Crippen molar-refractivity contribution in [2.24, 2.45) is 5.73 Å². The predicted octanol–water partition coefficient (Wildman–Crippen LogP) is -0.208. The molecule has 3 N–H and O–H groups in total. The molecule has 0 aliphatic carbocycles. The van der Waals surface area contributed by atoms with E-state index in [1.807, 2.05) is 0 Å². The Labute approximate surface area is 84.0 Å². The van der Waals surface area contributed by atoms with Crippen LogP contribution in [-0.4, -0.2) is 30.6 Å². The molecule has 14 heavy (non-hydrogen) atoms. The lowest BCUT2D eigenvalue weighted by molar-refractivity contribution is -0.144. The second kappa shape index (κ2) is 4.95. The van der Waals surface area contributed by atoms with Crippen LogP contribution in [-0.2, 0) is 14.3 Å². The van der Waals surface area contributed by atoms with Crippen LogP contribution in [0.1, 0.15) is 27.2 Å². The van der Waals surface area contributed by atoms with Crippen LogP contribution in [0, 0.1) is 0 Å². The second-order valence-electron chi connectivity index (χ2n) is 3.98. The summed E-state index contributed by atoms with van der Waals surface area (Å²) in [5, 5.41) is 2.49. The molecule has 0 heterocycles. The predicted molar refractivity (Wildman–Crippen MR) is 52.5 cm³/mol. The summed E-state index contributed by atoms with van der Waals surface area (Å²) in [7, 11) is 1.28. The zero-order valence-corrected chi connectivity index (χ0v) is 9.09. The SMILES string of the molecule is COC(=O)C(C)NC(=O)CC(C)(C)N. The van der Waals surface area contributed by atoms with E-state index in [4.69, 9.17) is 5.73 Å². The molecular weight excluding hydrogens is 184 g/mol. The Morgan fingerprint density at radius 3 is 2.36 bits per heavy atom. The van der Waals surface area contributed by atoms with E-state index in [-0.39, 0.29) is 12.3 Å². The fourth-order valence-corrected chi connectivity index (χ4v) is 0.942. The molecule has 0 radical (unpaired) electrons. The summed E-state index contributed by atoms with van der Waals surface area (Å²) >= 11 is 0. The first kappa shape index (κ1) is 12.9. The highest BCUT2D eigenvalue weighted by Gasteiger charge is 2.20. The van der Waals surface area contributed by atoms with Gasteiger partial charge in [0.2, 0.25) is 5.91 Å². The Bertz CT molecular complexity index is 221. The Hall–Kier alpha value is -1.10. The van der Waals surface area contributed by atoms with Crippen molar-refractivity contribution in [2.75, 3.05) is 7.11 Å². The van der Waals surface area contributed by atoms with Crippen molar-refractivity contribution in [3.05, 3.63) is 0 Å². The minimum atomic E-state index is -0.630. The normalized spacial score (nSPS) is 13.2. The Kier molecular flexibility index (Phi) is 4.56. The van der Waals surface area contributed by atoms with Gasteiger partial charge >= 0.3 is 5.97 Å². The third-order valence-corrected chi connectivity index (χ3v) is 1.55. The van der Waals surface area contributed by atoms with Gasteiger partial charge in [-0.15, -0.1) is 0 Å². The molecule has 1 atom stereocenters. The summed E-state index contributed by atoms with van der Waals surface area (Å²) in [5.41, 5.74) is 5.07. The summed E-state index contributed by atoms with van der Waals surface area (Å²) in [6.45, 7) is 5.05. The van der Waals surface area contributed by atoms with Gasteiger partial charge in [0.15, 0.2) is 0 Å². The van der Waals surface area contributed by atoms with Crippen molar-refractivity contribution in [3.63, 3.8) is 0 Å². The molecule has 5 nitrogen and oxygen atoms in total. The fraction of sp³-hybridized carbons (Fsp3) is 0.778. The maximum absolute atomic E-state index is 11.3. The molecular formula is C9H18N2O3. The smallest absolute Gasteiger partial charge is 0.328 e. The van der Waals surface area contributed by atoms with Crippen LogP contribution in [0.15, 0.2) is 0 Å². The number of carbonyl (C=O) groups is 2. The van der Waals surface area contributed by atoms with Gasteiger partial charge < -0.3 is 15.8 Å². The molecule has 1 unspecified atom stereocenters. The van der Waals surface area contributed by atoms with E-state index in [1.165, 1.54) is 7.11 Å². The summed E-state index contributed by atoms with van der Waals surface area (Å²) in [5.74, 6) is -0.719. The lowest BCUT2D eigenvalue weighted by atomic mass is 10.0. The van der Waals surface area contributed by atoms with Gasteiger partial charge in [0, 0.05) is 12.0 Å². The zero-order chi connectivity index (χ0) is 11.4. The van der Waals surface area contributed by atoms with E-state index >= 15 is 0 Å². The van der Waals surface area contributed by atoms with Crippen molar-refractivity contribution in [3.8, 4) is 0 Å².